The van der Waals surface area contributed by atoms with Gasteiger partial charge in [0.15, 0.2) is 0 Å². The van der Waals surface area contributed by atoms with Gasteiger partial charge in [0.2, 0.25) is 0 Å². The number of carbonyl (C=O) groups is 2. The summed E-state index contributed by atoms with van der Waals surface area (Å²) in [6.45, 7) is 13.7. The molecule has 36 heavy (non-hydrogen) atoms. The first-order valence-electron chi connectivity index (χ1n) is 12.6. The van der Waals surface area contributed by atoms with Crippen molar-refractivity contribution in [3.8, 4) is 0 Å². The summed E-state index contributed by atoms with van der Waals surface area (Å²) in [7, 11) is 4.24. The number of hydrogen-bond acceptors (Lipinski definition) is 7. The summed E-state index contributed by atoms with van der Waals surface area (Å²) in [4.78, 5) is 32.1. The van der Waals surface area contributed by atoms with E-state index in [1.165, 1.54) is 0 Å². The molecule has 2 saturated heterocycles. The highest BCUT2D eigenvalue weighted by Gasteiger charge is 2.20. The zero-order valence-electron chi connectivity index (χ0n) is 22.2. The van der Waals surface area contributed by atoms with Crippen LogP contribution in [0.5, 0.6) is 0 Å². The second-order valence-electron chi connectivity index (χ2n) is 10.5. The van der Waals surface area contributed by atoms with Crippen LogP contribution in [-0.2, 0) is 4.74 Å². The summed E-state index contributed by atoms with van der Waals surface area (Å²) in [5, 5.41) is 8.92. The van der Waals surface area contributed by atoms with Gasteiger partial charge in [0, 0.05) is 63.7 Å². The number of likely N-dealkylation sites (N-methyl/N-ethyl adjacent to an activating group) is 2. The zero-order valence-corrected chi connectivity index (χ0v) is 22.2. The lowest BCUT2D eigenvalue weighted by Gasteiger charge is -2.34. The molecule has 8 heteroatoms. The number of nitrogens with zero attached hydrogens (tertiary/aromatic N) is 4. The average Bonchev–Trinajstić information content (AvgIpc) is 2.84. The lowest BCUT2D eigenvalue weighted by Crippen LogP contribution is -2.44. The highest BCUT2D eigenvalue weighted by molar-refractivity contribution is 5.91. The van der Waals surface area contributed by atoms with Crippen molar-refractivity contribution in [2.45, 2.75) is 26.4 Å². The predicted octanol–water partition coefficient (Wildman–Crippen LogP) is 3.53. The third-order valence-corrected chi connectivity index (χ3v) is 6.31. The summed E-state index contributed by atoms with van der Waals surface area (Å²) < 4.78 is 5.42. The van der Waals surface area contributed by atoms with Gasteiger partial charge in [-0.05, 0) is 71.3 Å². The highest BCUT2D eigenvalue weighted by Crippen LogP contribution is 2.20. The van der Waals surface area contributed by atoms with Gasteiger partial charge in [0.1, 0.15) is 5.60 Å². The van der Waals surface area contributed by atoms with Gasteiger partial charge >= 0.3 is 11.9 Å². The molecular weight excluding hydrogens is 456 g/mol. The van der Waals surface area contributed by atoms with Crippen LogP contribution in [0.2, 0.25) is 0 Å². The molecule has 2 aromatic carbocycles. The summed E-state index contributed by atoms with van der Waals surface area (Å²) in [6, 6.07) is 14.9. The molecule has 2 aromatic rings. The first-order chi connectivity index (χ1) is 17.0. The van der Waals surface area contributed by atoms with Crippen molar-refractivity contribution in [1.82, 2.24) is 9.80 Å². The van der Waals surface area contributed by atoms with Crippen molar-refractivity contribution in [2.24, 2.45) is 0 Å². The summed E-state index contributed by atoms with van der Waals surface area (Å²) >= 11 is 0. The monoisotopic (exact) mass is 496 g/mol. The van der Waals surface area contributed by atoms with Crippen LogP contribution in [0.1, 0.15) is 41.5 Å². The number of carbonyl (C=O) groups excluding carboxylic acids is 1. The maximum atomic E-state index is 12.1. The van der Waals surface area contributed by atoms with Crippen LogP contribution in [0.25, 0.3) is 0 Å². The Balaban J connectivity index is 0.000000205. The molecule has 0 aliphatic carbocycles. The average molecular weight is 497 g/mol. The third-order valence-electron chi connectivity index (χ3n) is 6.31. The van der Waals surface area contributed by atoms with Crippen LogP contribution in [0.15, 0.2) is 48.5 Å². The van der Waals surface area contributed by atoms with Crippen molar-refractivity contribution in [3.63, 3.8) is 0 Å². The fourth-order valence-electron chi connectivity index (χ4n) is 4.13. The number of ether oxygens (including phenoxy) is 1. The predicted molar refractivity (Wildman–Crippen MR) is 144 cm³/mol. The number of aromatic carboxylic acids is 1. The van der Waals surface area contributed by atoms with Gasteiger partial charge in [-0.2, -0.15) is 0 Å². The third kappa shape index (κ3) is 8.24. The van der Waals surface area contributed by atoms with E-state index in [1.807, 2.05) is 45.0 Å². The van der Waals surface area contributed by atoms with Crippen molar-refractivity contribution >= 4 is 23.3 Å². The summed E-state index contributed by atoms with van der Waals surface area (Å²) in [6.07, 6.45) is 0. The van der Waals surface area contributed by atoms with Crippen LogP contribution < -0.4 is 9.80 Å². The number of carboxylic acid groups (broad SMARTS) is 1. The van der Waals surface area contributed by atoms with Crippen molar-refractivity contribution in [3.05, 3.63) is 59.7 Å². The Morgan fingerprint density at radius 3 is 1.56 bits per heavy atom. The quantitative estimate of drug-likeness (QED) is 0.645. The Bertz CT molecular complexity index is 1020. The Morgan fingerprint density at radius 1 is 0.722 bits per heavy atom. The zero-order chi connectivity index (χ0) is 26.3. The molecule has 0 atom stereocenters. The van der Waals surface area contributed by atoms with Gasteiger partial charge in [0.05, 0.1) is 11.1 Å². The lowest BCUT2D eigenvalue weighted by atomic mass is 10.1. The van der Waals surface area contributed by atoms with Crippen molar-refractivity contribution in [1.29, 1.82) is 0 Å². The first-order valence-corrected chi connectivity index (χ1v) is 12.6. The van der Waals surface area contributed by atoms with E-state index in [2.05, 4.69) is 39.8 Å². The molecule has 0 spiro atoms. The Morgan fingerprint density at radius 2 is 1.14 bits per heavy atom. The molecule has 196 valence electrons. The number of benzene rings is 2. The number of hydrogen-bond donors (Lipinski definition) is 1. The SMILES string of the molecule is CN1CCN(c2cccc(C(=O)O)c2)CC1.CN1CCN(c2cccc(C(=O)OC(C)(C)C)c2)CC1. The maximum absolute atomic E-state index is 12.1. The highest BCUT2D eigenvalue weighted by atomic mass is 16.6. The molecule has 2 aliphatic rings. The molecule has 0 aromatic heterocycles. The second-order valence-corrected chi connectivity index (χ2v) is 10.5. The Labute approximate surface area is 215 Å². The van der Waals surface area contributed by atoms with Crippen LogP contribution in [0.4, 0.5) is 11.4 Å². The molecule has 0 radical (unpaired) electrons. The fraction of sp³-hybridized carbons (Fsp3) is 0.500. The molecule has 4 rings (SSSR count). The largest absolute Gasteiger partial charge is 0.478 e. The second kappa shape index (κ2) is 12.2. The molecule has 2 aliphatic heterocycles. The van der Waals surface area contributed by atoms with Gasteiger partial charge in [0.25, 0.3) is 0 Å². The Kier molecular flexibility index (Phi) is 9.34. The van der Waals surface area contributed by atoms with E-state index < -0.39 is 11.6 Å². The number of carboxylic acids is 1. The number of esters is 1. The molecular formula is C28H40N4O4. The lowest BCUT2D eigenvalue weighted by molar-refractivity contribution is 0.00693. The standard InChI is InChI=1S/C16H24N2O2.C12H16N2O2/c1-16(2,3)20-15(19)13-6-5-7-14(12-13)18-10-8-17(4)9-11-18;1-13-5-7-14(8-6-13)11-4-2-3-10(9-11)12(15)16/h5-7,12H,8-11H2,1-4H3;2-4,9H,5-8H2,1H3,(H,15,16). The van der Waals surface area contributed by atoms with Crippen LogP contribution in [0, 0.1) is 0 Å². The fourth-order valence-corrected chi connectivity index (χ4v) is 4.13. The Hall–Kier alpha value is -3.10. The maximum Gasteiger partial charge on any atom is 0.338 e. The van der Waals surface area contributed by atoms with Crippen LogP contribution in [-0.4, -0.2) is 98.9 Å². The van der Waals surface area contributed by atoms with Gasteiger partial charge in [-0.1, -0.05) is 12.1 Å². The number of piperazine rings is 2. The summed E-state index contributed by atoms with van der Waals surface area (Å²) in [5.41, 5.74) is 2.63. The molecule has 0 amide bonds. The van der Waals surface area contributed by atoms with Gasteiger partial charge in [-0.3, -0.25) is 0 Å². The molecule has 8 nitrogen and oxygen atoms in total. The molecule has 2 heterocycles. The molecule has 0 bridgehead atoms. The normalized spacial score (nSPS) is 17.2. The minimum Gasteiger partial charge on any atom is -0.478 e. The van der Waals surface area contributed by atoms with E-state index in [9.17, 15) is 9.59 Å². The van der Waals surface area contributed by atoms with E-state index in [1.54, 1.807) is 18.2 Å². The van der Waals surface area contributed by atoms with Crippen LogP contribution >= 0.6 is 0 Å². The van der Waals surface area contributed by atoms with Gasteiger partial charge in [-0.25, -0.2) is 9.59 Å². The molecule has 0 saturated carbocycles. The van der Waals surface area contributed by atoms with E-state index in [-0.39, 0.29) is 5.97 Å². The van der Waals surface area contributed by atoms with E-state index in [4.69, 9.17) is 9.84 Å². The van der Waals surface area contributed by atoms with Gasteiger partial charge < -0.3 is 29.4 Å². The van der Waals surface area contributed by atoms with E-state index in [0.29, 0.717) is 11.1 Å². The van der Waals surface area contributed by atoms with Crippen molar-refractivity contribution in [2.75, 3.05) is 76.3 Å². The number of rotatable bonds is 4. The molecule has 0 unspecified atom stereocenters. The minimum absolute atomic E-state index is 0.256. The van der Waals surface area contributed by atoms with Crippen LogP contribution in [0.3, 0.4) is 0 Å². The van der Waals surface area contributed by atoms with E-state index >= 15 is 0 Å². The van der Waals surface area contributed by atoms with E-state index in [0.717, 1.165) is 63.7 Å². The summed E-state index contributed by atoms with van der Waals surface area (Å²) in [5.74, 6) is -1.12. The van der Waals surface area contributed by atoms with Gasteiger partial charge in [-0.15, -0.1) is 0 Å². The smallest absolute Gasteiger partial charge is 0.338 e. The number of anilines is 2. The molecule has 1 N–H and O–H groups in total. The molecule has 2 fully saturated rings. The minimum atomic E-state index is -0.865. The first kappa shape index (κ1) is 27.5. The van der Waals surface area contributed by atoms with Crippen molar-refractivity contribution < 1.29 is 19.4 Å². The topological polar surface area (TPSA) is 76.6 Å².